The Kier molecular flexibility index (Phi) is 5.36. The van der Waals surface area contributed by atoms with E-state index in [-0.39, 0.29) is 24.5 Å². The number of halogens is 1. The number of carbonyl (C=O) groups is 2. The highest BCUT2D eigenvalue weighted by atomic mass is 19.1. The summed E-state index contributed by atoms with van der Waals surface area (Å²) < 4.78 is 19.6. The summed E-state index contributed by atoms with van der Waals surface area (Å²) in [6.45, 7) is 1.78. The smallest absolute Gasteiger partial charge is 0.320 e. The lowest BCUT2D eigenvalue weighted by atomic mass is 9.97. The second-order valence-electron chi connectivity index (χ2n) is 7.55. The third kappa shape index (κ3) is 3.71. The second kappa shape index (κ2) is 8.11. The largest absolute Gasteiger partial charge is 0.481 e. The SMILES string of the molecule is Cc1ccc(C[C@@H](C(=O)O)C(=O)OCC2c3ccccc3-c3ccccc32)c(F)c1. The minimum absolute atomic E-state index is 0.0347. The first-order valence-corrected chi connectivity index (χ1v) is 9.78. The summed E-state index contributed by atoms with van der Waals surface area (Å²) in [4.78, 5) is 24.3. The number of esters is 1. The van der Waals surface area contributed by atoms with Gasteiger partial charge >= 0.3 is 11.9 Å². The van der Waals surface area contributed by atoms with Crippen molar-refractivity contribution in [2.24, 2.45) is 5.92 Å². The van der Waals surface area contributed by atoms with Gasteiger partial charge in [0.1, 0.15) is 12.4 Å². The van der Waals surface area contributed by atoms with E-state index < -0.39 is 23.7 Å². The van der Waals surface area contributed by atoms with Gasteiger partial charge in [-0.05, 0) is 52.8 Å². The van der Waals surface area contributed by atoms with Crippen molar-refractivity contribution in [3.63, 3.8) is 0 Å². The molecule has 1 aliphatic rings. The van der Waals surface area contributed by atoms with Crippen molar-refractivity contribution >= 4 is 11.9 Å². The maximum atomic E-state index is 14.2. The summed E-state index contributed by atoms with van der Waals surface area (Å²) in [7, 11) is 0. The molecule has 0 saturated carbocycles. The van der Waals surface area contributed by atoms with Crippen LogP contribution in [0, 0.1) is 18.7 Å². The fourth-order valence-corrected chi connectivity index (χ4v) is 4.01. The maximum Gasteiger partial charge on any atom is 0.320 e. The van der Waals surface area contributed by atoms with E-state index in [2.05, 4.69) is 0 Å². The zero-order valence-electron chi connectivity index (χ0n) is 16.5. The molecule has 0 bridgehead atoms. The zero-order chi connectivity index (χ0) is 21.3. The average molecular weight is 404 g/mol. The molecule has 3 aromatic carbocycles. The van der Waals surface area contributed by atoms with Gasteiger partial charge in [0.05, 0.1) is 0 Å². The first kappa shape index (κ1) is 19.8. The Hall–Kier alpha value is -3.47. The molecule has 0 fully saturated rings. The molecule has 152 valence electrons. The molecule has 0 unspecified atom stereocenters. The fourth-order valence-electron chi connectivity index (χ4n) is 4.01. The minimum atomic E-state index is -1.46. The predicted octanol–water partition coefficient (Wildman–Crippen LogP) is 4.73. The van der Waals surface area contributed by atoms with Crippen LogP contribution >= 0.6 is 0 Å². The molecule has 4 rings (SSSR count). The Morgan fingerprint density at radius 2 is 1.60 bits per heavy atom. The lowest BCUT2D eigenvalue weighted by Crippen LogP contribution is -2.29. The molecule has 3 aromatic rings. The first-order valence-electron chi connectivity index (χ1n) is 9.78. The number of hydrogen-bond donors (Lipinski definition) is 1. The molecule has 0 aliphatic heterocycles. The highest BCUT2D eigenvalue weighted by Crippen LogP contribution is 2.44. The van der Waals surface area contributed by atoms with E-state index in [0.717, 1.165) is 27.8 Å². The predicted molar refractivity (Wildman–Crippen MR) is 111 cm³/mol. The summed E-state index contributed by atoms with van der Waals surface area (Å²) >= 11 is 0. The van der Waals surface area contributed by atoms with E-state index in [1.165, 1.54) is 12.1 Å². The minimum Gasteiger partial charge on any atom is -0.481 e. The van der Waals surface area contributed by atoms with Crippen LogP contribution in [-0.4, -0.2) is 23.7 Å². The number of fused-ring (bicyclic) bond motifs is 3. The number of aliphatic carboxylic acids is 1. The van der Waals surface area contributed by atoms with E-state index in [1.807, 2.05) is 48.5 Å². The van der Waals surface area contributed by atoms with Crippen molar-refractivity contribution in [2.75, 3.05) is 6.61 Å². The van der Waals surface area contributed by atoms with Crippen LogP contribution < -0.4 is 0 Å². The third-order valence-electron chi connectivity index (χ3n) is 5.57. The van der Waals surface area contributed by atoms with Gasteiger partial charge in [0, 0.05) is 5.92 Å². The molecular weight excluding hydrogens is 383 g/mol. The van der Waals surface area contributed by atoms with Gasteiger partial charge in [0.2, 0.25) is 0 Å². The lowest BCUT2D eigenvalue weighted by molar-refractivity contribution is -0.158. The number of ether oxygens (including phenoxy) is 1. The Labute approximate surface area is 173 Å². The summed E-state index contributed by atoms with van der Waals surface area (Å²) in [5, 5.41) is 9.53. The molecule has 4 nitrogen and oxygen atoms in total. The molecule has 1 N–H and O–H groups in total. The molecule has 1 aliphatic carbocycles. The maximum absolute atomic E-state index is 14.2. The number of aryl methyl sites for hydroxylation is 1. The van der Waals surface area contributed by atoms with E-state index >= 15 is 0 Å². The number of benzene rings is 3. The molecular formula is C25H21FO4. The average Bonchev–Trinajstić information content (AvgIpc) is 3.05. The standard InChI is InChI=1S/C25H21FO4/c1-15-10-11-16(23(26)12-15)13-21(24(27)28)25(29)30-14-22-19-8-4-2-6-17(19)18-7-3-5-9-20(18)22/h2-12,21-22H,13-14H2,1H3,(H,27,28)/t21-/m0/s1. The van der Waals surface area contributed by atoms with Gasteiger partial charge < -0.3 is 9.84 Å². The van der Waals surface area contributed by atoms with Crippen LogP contribution in [0.3, 0.4) is 0 Å². The molecule has 0 aromatic heterocycles. The highest BCUT2D eigenvalue weighted by molar-refractivity contribution is 5.94. The molecule has 0 amide bonds. The van der Waals surface area contributed by atoms with Gasteiger partial charge in [-0.1, -0.05) is 60.7 Å². The molecule has 1 atom stereocenters. The first-order chi connectivity index (χ1) is 14.5. The molecule has 0 spiro atoms. The summed E-state index contributed by atoms with van der Waals surface area (Å²) in [5.41, 5.74) is 5.17. The lowest BCUT2D eigenvalue weighted by Gasteiger charge is -2.17. The van der Waals surface area contributed by atoms with Crippen LogP contribution in [-0.2, 0) is 20.7 Å². The molecule has 5 heteroatoms. The molecule has 0 radical (unpaired) electrons. The van der Waals surface area contributed by atoms with Gasteiger partial charge in [-0.3, -0.25) is 9.59 Å². The summed E-state index contributed by atoms with van der Waals surface area (Å²) in [5.74, 6) is -4.33. The van der Waals surface area contributed by atoms with Crippen molar-refractivity contribution in [3.05, 3.63) is 94.8 Å². The van der Waals surface area contributed by atoms with Crippen molar-refractivity contribution in [1.29, 1.82) is 0 Å². The molecule has 0 heterocycles. The normalized spacial score (nSPS) is 13.4. The molecule has 0 saturated heterocycles. The van der Waals surface area contributed by atoms with Crippen molar-refractivity contribution in [2.45, 2.75) is 19.3 Å². The van der Waals surface area contributed by atoms with Crippen LogP contribution in [0.25, 0.3) is 11.1 Å². The van der Waals surface area contributed by atoms with E-state index in [1.54, 1.807) is 13.0 Å². The third-order valence-corrected chi connectivity index (χ3v) is 5.57. The zero-order valence-corrected chi connectivity index (χ0v) is 16.5. The Bertz CT molecular complexity index is 1080. The number of carboxylic acids is 1. The van der Waals surface area contributed by atoms with Crippen LogP contribution in [0.2, 0.25) is 0 Å². The van der Waals surface area contributed by atoms with Crippen molar-refractivity contribution in [3.8, 4) is 11.1 Å². The second-order valence-corrected chi connectivity index (χ2v) is 7.55. The van der Waals surface area contributed by atoms with E-state index in [4.69, 9.17) is 4.74 Å². The summed E-state index contributed by atoms with van der Waals surface area (Å²) in [6, 6.07) is 20.3. The Balaban J connectivity index is 1.52. The van der Waals surface area contributed by atoms with Gasteiger partial charge in [-0.15, -0.1) is 0 Å². The topological polar surface area (TPSA) is 63.6 Å². The number of carboxylic acid groups (broad SMARTS) is 1. The highest BCUT2D eigenvalue weighted by Gasteiger charge is 2.33. The van der Waals surface area contributed by atoms with Gasteiger partial charge in [0.15, 0.2) is 5.92 Å². The van der Waals surface area contributed by atoms with Crippen LogP contribution in [0.1, 0.15) is 28.2 Å². The van der Waals surface area contributed by atoms with E-state index in [0.29, 0.717) is 0 Å². The van der Waals surface area contributed by atoms with Crippen molar-refractivity contribution in [1.82, 2.24) is 0 Å². The Morgan fingerprint density at radius 1 is 1.00 bits per heavy atom. The Morgan fingerprint density at radius 3 is 2.17 bits per heavy atom. The van der Waals surface area contributed by atoms with Crippen LogP contribution in [0.15, 0.2) is 66.7 Å². The van der Waals surface area contributed by atoms with Gasteiger partial charge in [0.25, 0.3) is 0 Å². The monoisotopic (exact) mass is 404 g/mol. The van der Waals surface area contributed by atoms with Crippen molar-refractivity contribution < 1.29 is 23.8 Å². The van der Waals surface area contributed by atoms with E-state index in [9.17, 15) is 19.1 Å². The fraction of sp³-hybridized carbons (Fsp3) is 0.200. The van der Waals surface area contributed by atoms with Gasteiger partial charge in [-0.2, -0.15) is 0 Å². The van der Waals surface area contributed by atoms with Crippen LogP contribution in [0.4, 0.5) is 4.39 Å². The molecule has 30 heavy (non-hydrogen) atoms. The quantitative estimate of drug-likeness (QED) is 0.476. The number of rotatable bonds is 6. The summed E-state index contributed by atoms with van der Waals surface area (Å²) in [6.07, 6.45) is -0.252. The van der Waals surface area contributed by atoms with Crippen LogP contribution in [0.5, 0.6) is 0 Å². The number of hydrogen-bond acceptors (Lipinski definition) is 3. The van der Waals surface area contributed by atoms with Gasteiger partial charge in [-0.25, -0.2) is 4.39 Å². The number of carbonyl (C=O) groups excluding carboxylic acids is 1.